The van der Waals surface area contributed by atoms with Crippen molar-refractivity contribution in [3.63, 3.8) is 0 Å². The molecule has 0 amide bonds. The molecule has 32 heavy (non-hydrogen) atoms. The molecule has 0 saturated carbocycles. The van der Waals surface area contributed by atoms with Gasteiger partial charge in [0.25, 0.3) is 0 Å². The molecule has 4 aromatic carbocycles. The van der Waals surface area contributed by atoms with Gasteiger partial charge in [-0.2, -0.15) is 0 Å². The molecule has 4 aromatic rings. The molecule has 0 aromatic heterocycles. The molecule has 160 valence electrons. The minimum atomic E-state index is -0.393. The van der Waals surface area contributed by atoms with Gasteiger partial charge < -0.3 is 10.4 Å². The maximum atomic E-state index is 6.87. The quantitative estimate of drug-likeness (QED) is 0.279. The lowest BCUT2D eigenvalue weighted by Crippen LogP contribution is -2.46. The Labute approximate surface area is 200 Å². The zero-order valence-corrected chi connectivity index (χ0v) is 19.6. The van der Waals surface area contributed by atoms with Crippen LogP contribution in [0.5, 0.6) is 0 Å². The van der Waals surface area contributed by atoms with E-state index in [9.17, 15) is 0 Å². The Morgan fingerprint density at radius 1 is 0.719 bits per heavy atom. The van der Waals surface area contributed by atoms with Crippen molar-refractivity contribution in [1.82, 2.24) is 0 Å². The molecule has 0 aliphatic rings. The lowest BCUT2D eigenvalue weighted by molar-refractivity contribution is 0.259. The number of rotatable bonds is 6. The van der Waals surface area contributed by atoms with E-state index in [1.807, 2.05) is 80.6 Å². The first-order valence-electron chi connectivity index (χ1n) is 10.5. The molecule has 5 heteroatoms. The van der Waals surface area contributed by atoms with Crippen LogP contribution in [0, 0.1) is 13.8 Å². The Balaban J connectivity index is 1.85. The van der Waals surface area contributed by atoms with Crippen molar-refractivity contribution < 1.29 is 4.65 Å². The molecule has 0 aliphatic carbocycles. The Kier molecular flexibility index (Phi) is 6.90. The van der Waals surface area contributed by atoms with Crippen molar-refractivity contribution in [3.8, 4) is 0 Å². The minimum absolute atomic E-state index is 0.373. The summed E-state index contributed by atoms with van der Waals surface area (Å²) in [4.78, 5) is 0. The van der Waals surface area contributed by atoms with Crippen LogP contribution in [0.15, 0.2) is 91.0 Å². The summed E-state index contributed by atoms with van der Waals surface area (Å²) in [5, 5.41) is 1.40. The molecule has 0 fully saturated rings. The van der Waals surface area contributed by atoms with Crippen LogP contribution in [-0.2, 0) is 4.65 Å². The molecule has 0 aliphatic heterocycles. The maximum Gasteiger partial charge on any atom is 0.362 e. The van der Waals surface area contributed by atoms with Crippen molar-refractivity contribution in [3.05, 3.63) is 123 Å². The fourth-order valence-electron chi connectivity index (χ4n) is 3.74. The van der Waals surface area contributed by atoms with Crippen molar-refractivity contribution in [2.24, 2.45) is 0 Å². The van der Waals surface area contributed by atoms with Crippen LogP contribution in [0.2, 0.25) is 10.0 Å². The Morgan fingerprint density at radius 3 is 1.78 bits per heavy atom. The van der Waals surface area contributed by atoms with Gasteiger partial charge in [0.05, 0.1) is 6.10 Å². The molecule has 0 radical (unpaired) electrons. The topological polar surface area (TPSA) is 35.2 Å². The highest BCUT2D eigenvalue weighted by Crippen LogP contribution is 2.31. The van der Waals surface area contributed by atoms with E-state index in [0.717, 1.165) is 33.2 Å². The molecule has 1 atom stereocenters. The predicted molar refractivity (Wildman–Crippen MR) is 138 cm³/mol. The van der Waals surface area contributed by atoms with Crippen LogP contribution in [0.4, 0.5) is 5.69 Å². The summed E-state index contributed by atoms with van der Waals surface area (Å²) in [5.74, 6) is 0. The van der Waals surface area contributed by atoms with Gasteiger partial charge in [-0.15, -0.1) is 0 Å². The van der Waals surface area contributed by atoms with E-state index in [1.54, 1.807) is 0 Å². The first-order valence-corrected chi connectivity index (χ1v) is 11.3. The fraction of sp³-hybridized carbons (Fsp3) is 0.111. The highest BCUT2D eigenvalue weighted by molar-refractivity contribution is 6.80. The van der Waals surface area contributed by atoms with Gasteiger partial charge in [0, 0.05) is 21.3 Å². The summed E-state index contributed by atoms with van der Waals surface area (Å²) >= 11 is 13.0. The van der Waals surface area contributed by atoms with E-state index < -0.39 is 6.92 Å². The van der Waals surface area contributed by atoms with E-state index in [4.69, 9.17) is 33.6 Å². The number of halogens is 2. The van der Waals surface area contributed by atoms with Crippen molar-refractivity contribution in [2.45, 2.75) is 20.0 Å². The van der Waals surface area contributed by atoms with E-state index in [1.165, 1.54) is 0 Å². The second kappa shape index (κ2) is 9.83. The molecule has 0 spiro atoms. The van der Waals surface area contributed by atoms with Gasteiger partial charge in [-0.1, -0.05) is 96.0 Å². The smallest absolute Gasteiger partial charge is 0.362 e. The van der Waals surface area contributed by atoms with Gasteiger partial charge in [-0.3, -0.25) is 0 Å². The Hall–Kier alpha value is -2.72. The molecule has 1 unspecified atom stereocenters. The molecule has 0 heterocycles. The van der Waals surface area contributed by atoms with Crippen LogP contribution in [0.3, 0.4) is 0 Å². The number of para-hydroxylation sites is 1. The number of hydrogen-bond acceptors (Lipinski definition) is 2. The third-order valence-electron chi connectivity index (χ3n) is 5.65. The van der Waals surface area contributed by atoms with Crippen LogP contribution in [0.1, 0.15) is 28.4 Å². The maximum absolute atomic E-state index is 6.87. The average molecular weight is 460 g/mol. The molecule has 2 nitrogen and oxygen atoms in total. The fourth-order valence-corrected chi connectivity index (χ4v) is 4.12. The van der Waals surface area contributed by atoms with Crippen LogP contribution < -0.4 is 16.7 Å². The second-order valence-electron chi connectivity index (χ2n) is 7.95. The summed E-state index contributed by atoms with van der Waals surface area (Å²) in [7, 11) is 0. The summed E-state index contributed by atoms with van der Waals surface area (Å²) in [5.41, 5.74) is 12.9. The summed E-state index contributed by atoms with van der Waals surface area (Å²) in [6.07, 6.45) is -0.373. The molecule has 4 rings (SSSR count). The number of benzene rings is 4. The summed E-state index contributed by atoms with van der Waals surface area (Å²) in [6.45, 7) is 3.58. The summed E-state index contributed by atoms with van der Waals surface area (Å²) < 4.78 is 6.87. The Morgan fingerprint density at radius 2 is 1.25 bits per heavy atom. The van der Waals surface area contributed by atoms with E-state index >= 15 is 0 Å². The number of aryl methyl sites for hydroxylation is 2. The largest absolute Gasteiger partial charge is 0.416 e. The van der Waals surface area contributed by atoms with Gasteiger partial charge in [0.1, 0.15) is 0 Å². The van der Waals surface area contributed by atoms with Crippen LogP contribution >= 0.6 is 23.2 Å². The van der Waals surface area contributed by atoms with Crippen molar-refractivity contribution in [2.75, 3.05) is 5.73 Å². The predicted octanol–water partition coefficient (Wildman–Crippen LogP) is 6.10. The average Bonchev–Trinajstić information content (AvgIpc) is 2.80. The van der Waals surface area contributed by atoms with E-state index in [2.05, 4.69) is 24.3 Å². The number of hydrogen-bond donors (Lipinski definition) is 1. The minimum Gasteiger partial charge on any atom is -0.416 e. The summed E-state index contributed by atoms with van der Waals surface area (Å²) in [6, 6.07) is 30.0. The van der Waals surface area contributed by atoms with Crippen molar-refractivity contribution in [1.29, 1.82) is 0 Å². The zero-order chi connectivity index (χ0) is 22.7. The molecule has 2 N–H and O–H groups in total. The van der Waals surface area contributed by atoms with Crippen LogP contribution in [0.25, 0.3) is 0 Å². The number of anilines is 1. The molecule has 0 saturated heterocycles. The lowest BCUT2D eigenvalue weighted by Gasteiger charge is -2.26. The molecule has 0 bridgehead atoms. The van der Waals surface area contributed by atoms with Crippen LogP contribution in [-0.4, -0.2) is 6.92 Å². The highest BCUT2D eigenvalue weighted by atomic mass is 35.5. The SMILES string of the molecule is Cc1ccc(B(OC(c2ccccc2)c2ccccc2N)c2ccc(C)c(Cl)c2)cc1Cl. The second-order valence-corrected chi connectivity index (χ2v) is 8.77. The van der Waals surface area contributed by atoms with Gasteiger partial charge in [-0.25, -0.2) is 0 Å². The number of nitrogen functional groups attached to an aromatic ring is 1. The normalized spacial score (nSPS) is 11.9. The standard InChI is InChI=1S/C27H24BCl2NO/c1-18-12-14-21(16-24(18)29)28(22-15-13-19(2)25(30)17-22)32-27(20-8-4-3-5-9-20)23-10-6-7-11-26(23)31/h3-17,27H,31H2,1-2H3. The highest BCUT2D eigenvalue weighted by Gasteiger charge is 2.29. The third-order valence-corrected chi connectivity index (χ3v) is 6.46. The molecular weight excluding hydrogens is 436 g/mol. The van der Waals surface area contributed by atoms with Crippen molar-refractivity contribution >= 4 is 46.7 Å². The zero-order valence-electron chi connectivity index (χ0n) is 18.1. The first-order chi connectivity index (χ1) is 15.4. The van der Waals surface area contributed by atoms with E-state index in [-0.39, 0.29) is 6.10 Å². The van der Waals surface area contributed by atoms with E-state index in [0.29, 0.717) is 15.7 Å². The molecular formula is C27H24BCl2NO. The number of nitrogens with two attached hydrogens (primary N) is 1. The van der Waals surface area contributed by atoms with Gasteiger partial charge in [-0.05, 0) is 59.7 Å². The van der Waals surface area contributed by atoms with Gasteiger partial charge >= 0.3 is 6.92 Å². The monoisotopic (exact) mass is 459 g/mol. The Bertz CT molecular complexity index is 1180. The van der Waals surface area contributed by atoms with Gasteiger partial charge in [0.2, 0.25) is 0 Å². The van der Waals surface area contributed by atoms with Gasteiger partial charge in [0.15, 0.2) is 0 Å². The lowest BCUT2D eigenvalue weighted by atomic mass is 9.55. The first kappa shape index (κ1) is 22.5. The third kappa shape index (κ3) is 4.86.